The summed E-state index contributed by atoms with van der Waals surface area (Å²) in [6, 6.07) is 17.1. The quantitative estimate of drug-likeness (QED) is 0.538. The van der Waals surface area contributed by atoms with Gasteiger partial charge >= 0.3 is 0 Å². The molecule has 1 amide bonds. The van der Waals surface area contributed by atoms with Crippen molar-refractivity contribution in [3.63, 3.8) is 0 Å². The van der Waals surface area contributed by atoms with Crippen LogP contribution in [0.2, 0.25) is 0 Å². The van der Waals surface area contributed by atoms with Gasteiger partial charge in [0.05, 0.1) is 32.1 Å². The Balaban J connectivity index is 1.66. The first-order chi connectivity index (χ1) is 15.5. The molecule has 1 aliphatic heterocycles. The molecule has 0 saturated carbocycles. The number of ether oxygens (including phenoxy) is 2. The molecule has 0 aliphatic carbocycles. The zero-order chi connectivity index (χ0) is 22.7. The number of furan rings is 1. The SMILES string of the molecule is COc1ccc(CCN2C(=O)C(O)=C(C(=O)c3ccco3)[C@@H]2c2ccccc2)cc1OC. The lowest BCUT2D eigenvalue weighted by molar-refractivity contribution is -0.129. The van der Waals surface area contributed by atoms with E-state index in [1.807, 2.05) is 42.5 Å². The highest BCUT2D eigenvalue weighted by Crippen LogP contribution is 2.39. The molecule has 1 N–H and O–H groups in total. The van der Waals surface area contributed by atoms with Crippen molar-refractivity contribution in [1.82, 2.24) is 4.90 Å². The smallest absolute Gasteiger partial charge is 0.290 e. The minimum Gasteiger partial charge on any atom is -0.503 e. The third-order valence-corrected chi connectivity index (χ3v) is 5.50. The van der Waals surface area contributed by atoms with Gasteiger partial charge in [0.1, 0.15) is 0 Å². The topological polar surface area (TPSA) is 89.2 Å². The zero-order valence-corrected chi connectivity index (χ0v) is 17.8. The Morgan fingerprint density at radius 2 is 1.78 bits per heavy atom. The Bertz CT molecular complexity index is 1150. The van der Waals surface area contributed by atoms with Gasteiger partial charge in [-0.25, -0.2) is 0 Å². The Morgan fingerprint density at radius 1 is 1.03 bits per heavy atom. The molecular formula is C25H23NO6. The largest absolute Gasteiger partial charge is 0.503 e. The minimum atomic E-state index is -0.721. The third-order valence-electron chi connectivity index (χ3n) is 5.50. The third kappa shape index (κ3) is 3.85. The second kappa shape index (κ2) is 9.01. The van der Waals surface area contributed by atoms with Crippen molar-refractivity contribution in [1.29, 1.82) is 0 Å². The van der Waals surface area contributed by atoms with Crippen molar-refractivity contribution in [2.45, 2.75) is 12.5 Å². The van der Waals surface area contributed by atoms with Crippen molar-refractivity contribution in [3.05, 3.63) is 95.1 Å². The molecule has 2 aromatic carbocycles. The van der Waals surface area contributed by atoms with E-state index < -0.39 is 23.5 Å². The number of carbonyl (C=O) groups is 2. The molecule has 3 aromatic rings. The Hall–Kier alpha value is -4.00. The highest BCUT2D eigenvalue weighted by molar-refractivity contribution is 6.15. The molecule has 1 aromatic heterocycles. The van der Waals surface area contributed by atoms with Crippen LogP contribution in [0.1, 0.15) is 27.7 Å². The first kappa shape index (κ1) is 21.2. The van der Waals surface area contributed by atoms with Crippen molar-refractivity contribution in [2.24, 2.45) is 0 Å². The van der Waals surface area contributed by atoms with Crippen LogP contribution in [0.5, 0.6) is 11.5 Å². The highest BCUT2D eigenvalue weighted by atomic mass is 16.5. The van der Waals surface area contributed by atoms with Gasteiger partial charge in [0.15, 0.2) is 23.0 Å². The second-order valence-corrected chi connectivity index (χ2v) is 7.32. The lowest BCUT2D eigenvalue weighted by atomic mass is 9.95. The van der Waals surface area contributed by atoms with Gasteiger partial charge in [-0.15, -0.1) is 0 Å². The Labute approximate surface area is 185 Å². The van der Waals surface area contributed by atoms with E-state index in [1.165, 1.54) is 17.2 Å². The zero-order valence-electron chi connectivity index (χ0n) is 17.8. The summed E-state index contributed by atoms with van der Waals surface area (Å²) >= 11 is 0. The van der Waals surface area contributed by atoms with Crippen molar-refractivity contribution < 1.29 is 28.6 Å². The first-order valence-electron chi connectivity index (χ1n) is 10.1. The van der Waals surface area contributed by atoms with Crippen molar-refractivity contribution >= 4 is 11.7 Å². The molecule has 0 unspecified atom stereocenters. The van der Waals surface area contributed by atoms with Crippen LogP contribution in [-0.4, -0.2) is 42.5 Å². The predicted octanol–water partition coefficient (Wildman–Crippen LogP) is 4.12. The molecule has 7 nitrogen and oxygen atoms in total. The Morgan fingerprint density at radius 3 is 2.44 bits per heavy atom. The highest BCUT2D eigenvalue weighted by Gasteiger charge is 2.44. The molecule has 164 valence electrons. The van der Waals surface area contributed by atoms with E-state index in [-0.39, 0.29) is 17.9 Å². The van der Waals surface area contributed by atoms with Crippen LogP contribution in [0, 0.1) is 0 Å². The van der Waals surface area contributed by atoms with Crippen LogP contribution in [-0.2, 0) is 11.2 Å². The van der Waals surface area contributed by atoms with Gasteiger partial charge in [0.25, 0.3) is 5.91 Å². The van der Waals surface area contributed by atoms with Gasteiger partial charge in [-0.2, -0.15) is 0 Å². The van der Waals surface area contributed by atoms with Gasteiger partial charge in [-0.1, -0.05) is 36.4 Å². The number of nitrogens with zero attached hydrogens (tertiary/aromatic N) is 1. The molecule has 0 saturated heterocycles. The van der Waals surface area contributed by atoms with E-state index >= 15 is 0 Å². The summed E-state index contributed by atoms with van der Waals surface area (Å²) in [5.41, 5.74) is 1.67. The van der Waals surface area contributed by atoms with Crippen LogP contribution in [0.25, 0.3) is 0 Å². The van der Waals surface area contributed by atoms with Crippen LogP contribution in [0.4, 0.5) is 0 Å². The number of Topliss-reactive ketones (excluding diaryl/α,β-unsaturated/α-hetero) is 1. The minimum absolute atomic E-state index is 0.0171. The predicted molar refractivity (Wildman–Crippen MR) is 117 cm³/mol. The van der Waals surface area contributed by atoms with E-state index in [2.05, 4.69) is 0 Å². The lowest BCUT2D eigenvalue weighted by Gasteiger charge is -2.26. The van der Waals surface area contributed by atoms with E-state index in [4.69, 9.17) is 13.9 Å². The summed E-state index contributed by atoms with van der Waals surface area (Å²) < 4.78 is 15.9. The number of carbonyl (C=O) groups excluding carboxylic acids is 2. The van der Waals surface area contributed by atoms with Crippen LogP contribution < -0.4 is 9.47 Å². The van der Waals surface area contributed by atoms with Gasteiger partial charge < -0.3 is 23.9 Å². The normalized spacial score (nSPS) is 15.9. The standard InChI is InChI=1S/C25H23NO6/c1-30-18-11-10-16(15-20(18)31-2)12-13-26-22(17-7-4-3-5-8-17)21(24(28)25(26)29)23(27)19-9-6-14-32-19/h3-11,14-15,22,28H,12-13H2,1-2H3/t22-/m0/s1. The van der Waals surface area contributed by atoms with Crippen molar-refractivity contribution in [3.8, 4) is 11.5 Å². The number of aliphatic hydroxyl groups is 1. The fourth-order valence-electron chi connectivity index (χ4n) is 3.92. The maximum Gasteiger partial charge on any atom is 0.290 e. The molecule has 0 spiro atoms. The first-order valence-corrected chi connectivity index (χ1v) is 10.1. The van der Waals surface area contributed by atoms with Crippen LogP contribution in [0.15, 0.2) is 82.7 Å². The average Bonchev–Trinajstić information content (AvgIpc) is 3.45. The number of hydrogen-bond donors (Lipinski definition) is 1. The molecule has 0 fully saturated rings. The number of rotatable bonds is 8. The fraction of sp³-hybridized carbons (Fsp3) is 0.200. The molecule has 0 bridgehead atoms. The van der Waals surface area contributed by atoms with E-state index in [0.29, 0.717) is 17.9 Å². The maximum absolute atomic E-state index is 13.1. The second-order valence-electron chi connectivity index (χ2n) is 7.32. The summed E-state index contributed by atoms with van der Waals surface area (Å²) in [6.07, 6.45) is 1.87. The molecule has 4 rings (SSSR count). The lowest BCUT2D eigenvalue weighted by Crippen LogP contribution is -2.33. The van der Waals surface area contributed by atoms with Crippen molar-refractivity contribution in [2.75, 3.05) is 20.8 Å². The average molecular weight is 433 g/mol. The van der Waals surface area contributed by atoms with E-state index in [0.717, 1.165) is 11.1 Å². The summed E-state index contributed by atoms with van der Waals surface area (Å²) in [5.74, 6) is -0.375. The van der Waals surface area contributed by atoms with E-state index in [9.17, 15) is 14.7 Å². The Kier molecular flexibility index (Phi) is 5.98. The number of hydrogen-bond acceptors (Lipinski definition) is 6. The molecule has 2 heterocycles. The van der Waals surface area contributed by atoms with Gasteiger partial charge in [-0.05, 0) is 41.8 Å². The summed E-state index contributed by atoms with van der Waals surface area (Å²) in [6.45, 7) is 0.285. The van der Waals surface area contributed by atoms with Crippen LogP contribution in [0.3, 0.4) is 0 Å². The summed E-state index contributed by atoms with van der Waals surface area (Å²) in [7, 11) is 3.13. The molecule has 1 atom stereocenters. The number of aliphatic hydroxyl groups excluding tert-OH is 1. The molecule has 32 heavy (non-hydrogen) atoms. The van der Waals surface area contributed by atoms with Gasteiger partial charge in [-0.3, -0.25) is 9.59 Å². The van der Waals surface area contributed by atoms with Gasteiger partial charge in [0.2, 0.25) is 5.78 Å². The summed E-state index contributed by atoms with van der Waals surface area (Å²) in [5, 5.41) is 10.7. The summed E-state index contributed by atoms with van der Waals surface area (Å²) in [4.78, 5) is 27.6. The van der Waals surface area contributed by atoms with Gasteiger partial charge in [0, 0.05) is 6.54 Å². The number of methoxy groups -OCH3 is 2. The molecular weight excluding hydrogens is 410 g/mol. The molecule has 7 heteroatoms. The monoisotopic (exact) mass is 433 g/mol. The molecule has 1 aliphatic rings. The number of ketones is 1. The maximum atomic E-state index is 13.1. The van der Waals surface area contributed by atoms with Crippen LogP contribution >= 0.6 is 0 Å². The fourth-order valence-corrected chi connectivity index (χ4v) is 3.92. The van der Waals surface area contributed by atoms with E-state index in [1.54, 1.807) is 26.4 Å². The number of amides is 1. The molecule has 0 radical (unpaired) electrons. The number of benzene rings is 2.